The van der Waals surface area contributed by atoms with Gasteiger partial charge >= 0.3 is 0 Å². The summed E-state index contributed by atoms with van der Waals surface area (Å²) in [6.45, 7) is 0.838. The van der Waals surface area contributed by atoms with E-state index >= 15 is 0 Å². The third-order valence-corrected chi connectivity index (χ3v) is 4.33. The average Bonchev–Trinajstić information content (AvgIpc) is 2.06. The Labute approximate surface area is 80.5 Å². The molecule has 2 rings (SSSR count). The molecule has 2 saturated carbocycles. The molecule has 0 atom stereocenters. The summed E-state index contributed by atoms with van der Waals surface area (Å²) in [5, 5.41) is 9.47. The normalized spacial score (nSPS) is 41.5. The van der Waals surface area contributed by atoms with E-state index in [0.717, 1.165) is 38.1 Å². The van der Waals surface area contributed by atoms with E-state index in [2.05, 4.69) is 0 Å². The van der Waals surface area contributed by atoms with E-state index in [1.54, 1.807) is 0 Å². The number of hydrogen-bond acceptors (Lipinski definition) is 2. The first kappa shape index (κ1) is 9.47. The van der Waals surface area contributed by atoms with Crippen LogP contribution in [0.5, 0.6) is 0 Å². The lowest BCUT2D eigenvalue weighted by atomic mass is 9.59. The Hall–Kier alpha value is -0.0800. The summed E-state index contributed by atoms with van der Waals surface area (Å²) in [4.78, 5) is 0. The minimum Gasteiger partial charge on any atom is -0.393 e. The van der Waals surface area contributed by atoms with Gasteiger partial charge in [0.2, 0.25) is 0 Å². The first-order chi connectivity index (χ1) is 6.27. The van der Waals surface area contributed by atoms with Gasteiger partial charge in [-0.1, -0.05) is 6.42 Å². The number of aliphatic hydroxyl groups is 1. The predicted octanol–water partition coefficient (Wildman–Crippen LogP) is 1.67. The zero-order valence-corrected chi connectivity index (χ0v) is 8.34. The third kappa shape index (κ3) is 1.62. The van der Waals surface area contributed by atoms with Crippen LogP contribution < -0.4 is 5.73 Å². The topological polar surface area (TPSA) is 46.2 Å². The lowest BCUT2D eigenvalue weighted by Crippen LogP contribution is -2.44. The van der Waals surface area contributed by atoms with Crippen LogP contribution in [-0.4, -0.2) is 17.8 Å². The zero-order chi connectivity index (χ0) is 9.31. The lowest BCUT2D eigenvalue weighted by Gasteiger charge is -2.48. The molecule has 76 valence electrons. The van der Waals surface area contributed by atoms with E-state index in [0.29, 0.717) is 5.41 Å². The van der Waals surface area contributed by atoms with Gasteiger partial charge in [0, 0.05) is 0 Å². The molecule has 0 aliphatic heterocycles. The fourth-order valence-electron chi connectivity index (χ4n) is 2.98. The van der Waals surface area contributed by atoms with Gasteiger partial charge in [-0.15, -0.1) is 0 Å². The Balaban J connectivity index is 1.98. The Morgan fingerprint density at radius 2 is 1.77 bits per heavy atom. The number of aliphatic hydroxyl groups excluding tert-OH is 1. The number of rotatable bonds is 2. The molecule has 2 heteroatoms. The van der Waals surface area contributed by atoms with Gasteiger partial charge in [0.15, 0.2) is 0 Å². The minimum absolute atomic E-state index is 0.0419. The van der Waals surface area contributed by atoms with Crippen molar-refractivity contribution in [2.24, 2.45) is 17.1 Å². The van der Waals surface area contributed by atoms with Crippen molar-refractivity contribution < 1.29 is 5.11 Å². The molecule has 0 radical (unpaired) electrons. The standard InChI is InChI=1S/C11H21NO/c12-8-11(9-2-1-3-9)6-4-10(13)5-7-11/h9-10,13H,1-8,12H2. The van der Waals surface area contributed by atoms with Crippen molar-refractivity contribution >= 4 is 0 Å². The molecule has 0 heterocycles. The summed E-state index contributed by atoms with van der Waals surface area (Å²) in [5.41, 5.74) is 6.33. The quantitative estimate of drug-likeness (QED) is 0.684. The summed E-state index contributed by atoms with van der Waals surface area (Å²) in [6, 6.07) is 0. The monoisotopic (exact) mass is 183 g/mol. The van der Waals surface area contributed by atoms with Gasteiger partial charge in [0.05, 0.1) is 6.10 Å². The van der Waals surface area contributed by atoms with Crippen LogP contribution in [0.3, 0.4) is 0 Å². The van der Waals surface area contributed by atoms with E-state index in [1.807, 2.05) is 0 Å². The summed E-state index contributed by atoms with van der Waals surface area (Å²) < 4.78 is 0. The third-order valence-electron chi connectivity index (χ3n) is 4.33. The van der Waals surface area contributed by atoms with Crippen molar-refractivity contribution in [3.8, 4) is 0 Å². The molecular weight excluding hydrogens is 162 g/mol. The fourth-order valence-corrected chi connectivity index (χ4v) is 2.98. The fraction of sp³-hybridized carbons (Fsp3) is 1.00. The van der Waals surface area contributed by atoms with Crippen LogP contribution in [0, 0.1) is 11.3 Å². The zero-order valence-electron chi connectivity index (χ0n) is 8.34. The van der Waals surface area contributed by atoms with Gasteiger partial charge in [-0.05, 0) is 56.4 Å². The molecule has 3 N–H and O–H groups in total. The highest BCUT2D eigenvalue weighted by molar-refractivity contribution is 4.94. The molecule has 2 aliphatic rings. The second-order valence-corrected chi connectivity index (χ2v) is 4.93. The molecular formula is C11H21NO. The second-order valence-electron chi connectivity index (χ2n) is 4.93. The van der Waals surface area contributed by atoms with E-state index < -0.39 is 0 Å². The molecule has 0 bridgehead atoms. The summed E-state index contributed by atoms with van der Waals surface area (Å²) >= 11 is 0. The number of hydrogen-bond donors (Lipinski definition) is 2. The molecule has 0 saturated heterocycles. The van der Waals surface area contributed by atoms with Gasteiger partial charge in [-0.25, -0.2) is 0 Å². The van der Waals surface area contributed by atoms with Crippen LogP contribution in [0.25, 0.3) is 0 Å². The smallest absolute Gasteiger partial charge is 0.0540 e. The largest absolute Gasteiger partial charge is 0.393 e. The second kappa shape index (κ2) is 3.58. The molecule has 2 aliphatic carbocycles. The lowest BCUT2D eigenvalue weighted by molar-refractivity contribution is 0.00144. The number of nitrogens with two attached hydrogens (primary N) is 1. The maximum absolute atomic E-state index is 9.47. The van der Waals surface area contributed by atoms with E-state index in [9.17, 15) is 5.11 Å². The SMILES string of the molecule is NCC1(C2CCC2)CCC(O)CC1. The van der Waals surface area contributed by atoms with Crippen LogP contribution >= 0.6 is 0 Å². The van der Waals surface area contributed by atoms with Crippen LogP contribution in [0.4, 0.5) is 0 Å². The molecule has 0 aromatic carbocycles. The Morgan fingerprint density at radius 3 is 2.15 bits per heavy atom. The van der Waals surface area contributed by atoms with Gasteiger partial charge in [-0.2, -0.15) is 0 Å². The van der Waals surface area contributed by atoms with Crippen molar-refractivity contribution in [1.82, 2.24) is 0 Å². The Kier molecular flexibility index (Phi) is 2.61. The Bertz CT molecular complexity index is 169. The summed E-state index contributed by atoms with van der Waals surface area (Å²) in [7, 11) is 0. The molecule has 0 amide bonds. The maximum Gasteiger partial charge on any atom is 0.0540 e. The highest BCUT2D eigenvalue weighted by atomic mass is 16.3. The van der Waals surface area contributed by atoms with E-state index in [-0.39, 0.29) is 6.10 Å². The first-order valence-corrected chi connectivity index (χ1v) is 5.65. The van der Waals surface area contributed by atoms with Gasteiger partial charge in [-0.3, -0.25) is 0 Å². The summed E-state index contributed by atoms with van der Waals surface area (Å²) in [6.07, 6.45) is 8.40. The van der Waals surface area contributed by atoms with Crippen molar-refractivity contribution in [3.05, 3.63) is 0 Å². The minimum atomic E-state index is -0.0419. The highest BCUT2D eigenvalue weighted by Gasteiger charge is 2.42. The molecule has 0 spiro atoms. The van der Waals surface area contributed by atoms with Gasteiger partial charge < -0.3 is 10.8 Å². The van der Waals surface area contributed by atoms with Gasteiger partial charge in [0.1, 0.15) is 0 Å². The molecule has 2 nitrogen and oxygen atoms in total. The first-order valence-electron chi connectivity index (χ1n) is 5.65. The maximum atomic E-state index is 9.47. The van der Waals surface area contributed by atoms with Crippen molar-refractivity contribution in [2.45, 2.75) is 51.0 Å². The van der Waals surface area contributed by atoms with E-state index in [4.69, 9.17) is 5.73 Å². The predicted molar refractivity (Wildman–Crippen MR) is 53.3 cm³/mol. The van der Waals surface area contributed by atoms with Crippen LogP contribution in [-0.2, 0) is 0 Å². The Morgan fingerprint density at radius 1 is 1.15 bits per heavy atom. The molecule has 0 aromatic heterocycles. The van der Waals surface area contributed by atoms with Crippen molar-refractivity contribution in [2.75, 3.05) is 6.54 Å². The average molecular weight is 183 g/mol. The van der Waals surface area contributed by atoms with E-state index in [1.165, 1.54) is 19.3 Å². The molecule has 0 aromatic rings. The molecule has 0 unspecified atom stereocenters. The van der Waals surface area contributed by atoms with Crippen LogP contribution in [0.15, 0.2) is 0 Å². The summed E-state index contributed by atoms with van der Waals surface area (Å²) in [5.74, 6) is 0.880. The molecule has 2 fully saturated rings. The van der Waals surface area contributed by atoms with Crippen molar-refractivity contribution in [3.63, 3.8) is 0 Å². The molecule has 13 heavy (non-hydrogen) atoms. The van der Waals surface area contributed by atoms with Crippen LogP contribution in [0.2, 0.25) is 0 Å². The van der Waals surface area contributed by atoms with Crippen LogP contribution in [0.1, 0.15) is 44.9 Å². The highest BCUT2D eigenvalue weighted by Crippen LogP contribution is 2.49. The van der Waals surface area contributed by atoms with Crippen molar-refractivity contribution in [1.29, 1.82) is 0 Å². The van der Waals surface area contributed by atoms with Gasteiger partial charge in [0.25, 0.3) is 0 Å².